The highest BCUT2D eigenvalue weighted by atomic mass is 32.2. The fraction of sp³-hybridized carbons (Fsp3) is 0.222. The van der Waals surface area contributed by atoms with Crippen LogP contribution >= 0.6 is 0 Å². The number of rotatable bonds is 7. The van der Waals surface area contributed by atoms with Crippen molar-refractivity contribution >= 4 is 27.1 Å². The Labute approximate surface area is 210 Å². The molecule has 1 heterocycles. The molecule has 0 bridgehead atoms. The molecule has 0 aliphatic heterocycles. The lowest BCUT2D eigenvalue weighted by Gasteiger charge is -2.11. The lowest BCUT2D eigenvalue weighted by Crippen LogP contribution is -2.40. The molecule has 0 unspecified atom stereocenters. The topological polar surface area (TPSA) is 117 Å². The molecule has 0 fully saturated rings. The molecule has 0 aliphatic rings. The van der Waals surface area contributed by atoms with Crippen molar-refractivity contribution in [1.82, 2.24) is 19.6 Å². The minimum atomic E-state index is -3.92. The molecule has 0 spiro atoms. The lowest BCUT2D eigenvalue weighted by molar-refractivity contribution is 0.246. The summed E-state index contributed by atoms with van der Waals surface area (Å²) in [5.74, 6) is 0.903. The van der Waals surface area contributed by atoms with Gasteiger partial charge in [-0.1, -0.05) is 36.8 Å². The highest BCUT2D eigenvalue weighted by Crippen LogP contribution is 2.25. The number of benzene rings is 3. The predicted molar refractivity (Wildman–Crippen MR) is 139 cm³/mol. The van der Waals surface area contributed by atoms with Crippen molar-refractivity contribution in [2.45, 2.75) is 38.5 Å². The van der Waals surface area contributed by atoms with Gasteiger partial charge < -0.3 is 5.32 Å². The molecule has 1 aromatic heterocycles. The van der Waals surface area contributed by atoms with Gasteiger partial charge in [0.2, 0.25) is 0 Å². The molecule has 8 nitrogen and oxygen atoms in total. The standard InChI is InChI=1S/C27H27N5O3S/c1-4-26-30-24-16-21(17-28)19(3)15-25(24)32(26)22-9-7-20(8-10-22)13-14-29-27(33)31-36(34,35)23-11-5-18(2)6-12-23/h5-12,15-16H,4,13-14H2,1-3H3,(H2,29,31,33). The molecular weight excluding hydrogens is 474 g/mol. The van der Waals surface area contributed by atoms with Crippen LogP contribution in [0.4, 0.5) is 4.79 Å². The first-order valence-electron chi connectivity index (χ1n) is 11.6. The first-order chi connectivity index (χ1) is 17.2. The molecular formula is C27H27N5O3S. The summed E-state index contributed by atoms with van der Waals surface area (Å²) in [6.45, 7) is 6.09. The van der Waals surface area contributed by atoms with Gasteiger partial charge in [-0.25, -0.2) is 22.9 Å². The Balaban J connectivity index is 1.42. The SMILES string of the molecule is CCc1nc2cc(C#N)c(C)cc2n1-c1ccc(CCNC(=O)NS(=O)(=O)c2ccc(C)cc2)cc1. The van der Waals surface area contributed by atoms with Crippen LogP contribution in [0, 0.1) is 25.2 Å². The number of hydrogen-bond acceptors (Lipinski definition) is 5. The van der Waals surface area contributed by atoms with E-state index in [2.05, 4.69) is 16.0 Å². The second kappa shape index (κ2) is 10.2. The van der Waals surface area contributed by atoms with Crippen molar-refractivity contribution in [2.75, 3.05) is 6.54 Å². The number of imidazole rings is 1. The summed E-state index contributed by atoms with van der Waals surface area (Å²) < 4.78 is 28.8. The second-order valence-electron chi connectivity index (χ2n) is 8.58. The quantitative estimate of drug-likeness (QED) is 0.391. The smallest absolute Gasteiger partial charge is 0.328 e. The maximum atomic E-state index is 12.3. The normalized spacial score (nSPS) is 11.3. The van der Waals surface area contributed by atoms with Gasteiger partial charge in [0.25, 0.3) is 10.0 Å². The number of nitrogens with one attached hydrogen (secondary N) is 2. The van der Waals surface area contributed by atoms with Crippen LogP contribution in [0.5, 0.6) is 0 Å². The number of aryl methyl sites for hydroxylation is 3. The Morgan fingerprint density at radius 1 is 1.06 bits per heavy atom. The van der Waals surface area contributed by atoms with Crippen LogP contribution in [0.2, 0.25) is 0 Å². The first kappa shape index (κ1) is 24.9. The van der Waals surface area contributed by atoms with Crippen molar-refractivity contribution in [3.05, 3.63) is 88.7 Å². The van der Waals surface area contributed by atoms with Crippen molar-refractivity contribution < 1.29 is 13.2 Å². The van der Waals surface area contributed by atoms with Crippen molar-refractivity contribution in [3.63, 3.8) is 0 Å². The van der Waals surface area contributed by atoms with Crippen LogP contribution in [0.1, 0.15) is 35.0 Å². The molecule has 0 aliphatic carbocycles. The fourth-order valence-electron chi connectivity index (χ4n) is 3.99. The van der Waals surface area contributed by atoms with Crippen molar-refractivity contribution in [3.8, 4) is 11.8 Å². The number of fused-ring (bicyclic) bond motifs is 1. The maximum absolute atomic E-state index is 12.3. The third-order valence-corrected chi connectivity index (χ3v) is 7.31. The molecule has 184 valence electrons. The van der Waals surface area contributed by atoms with Gasteiger partial charge in [-0.05, 0) is 67.8 Å². The molecule has 0 atom stereocenters. The van der Waals surface area contributed by atoms with Crippen molar-refractivity contribution in [2.24, 2.45) is 0 Å². The molecule has 4 rings (SSSR count). The van der Waals surface area contributed by atoms with E-state index in [1.54, 1.807) is 12.1 Å². The Hall–Kier alpha value is -4.16. The number of aromatic nitrogens is 2. The van der Waals surface area contributed by atoms with Crippen LogP contribution in [0.3, 0.4) is 0 Å². The highest BCUT2D eigenvalue weighted by Gasteiger charge is 2.17. The summed E-state index contributed by atoms with van der Waals surface area (Å²) in [7, 11) is -3.92. The van der Waals surface area contributed by atoms with E-state index in [-0.39, 0.29) is 11.4 Å². The minimum absolute atomic E-state index is 0.0383. The number of nitriles is 1. The molecule has 2 amide bonds. The third-order valence-electron chi connectivity index (χ3n) is 5.96. The molecule has 0 radical (unpaired) electrons. The van der Waals surface area contributed by atoms with Crippen LogP contribution < -0.4 is 10.0 Å². The summed E-state index contributed by atoms with van der Waals surface area (Å²) in [6.07, 6.45) is 1.27. The minimum Gasteiger partial charge on any atom is -0.337 e. The zero-order chi connectivity index (χ0) is 25.9. The maximum Gasteiger partial charge on any atom is 0.328 e. The molecule has 9 heteroatoms. The summed E-state index contributed by atoms with van der Waals surface area (Å²) in [5, 5.41) is 11.9. The second-order valence-corrected chi connectivity index (χ2v) is 10.3. The van der Waals surface area contributed by atoms with Crippen LogP contribution in [0.25, 0.3) is 16.7 Å². The predicted octanol–water partition coefficient (Wildman–Crippen LogP) is 4.31. The lowest BCUT2D eigenvalue weighted by atomic mass is 10.1. The van der Waals surface area contributed by atoms with Gasteiger partial charge in [-0.2, -0.15) is 5.26 Å². The number of hydrogen-bond donors (Lipinski definition) is 2. The summed E-state index contributed by atoms with van der Waals surface area (Å²) >= 11 is 0. The molecule has 4 aromatic rings. The summed E-state index contributed by atoms with van der Waals surface area (Å²) in [5.41, 5.74) is 6.13. The van der Waals surface area contributed by atoms with Crippen LogP contribution in [-0.4, -0.2) is 30.5 Å². The largest absolute Gasteiger partial charge is 0.337 e. The monoisotopic (exact) mass is 501 g/mol. The van der Waals surface area contributed by atoms with Gasteiger partial charge >= 0.3 is 6.03 Å². The molecule has 0 saturated heterocycles. The summed E-state index contributed by atoms with van der Waals surface area (Å²) in [4.78, 5) is 16.9. The average molecular weight is 502 g/mol. The van der Waals surface area contributed by atoms with E-state index >= 15 is 0 Å². The fourth-order valence-corrected chi connectivity index (χ4v) is 4.92. The van der Waals surface area contributed by atoms with E-state index in [9.17, 15) is 18.5 Å². The Morgan fingerprint density at radius 3 is 2.39 bits per heavy atom. The number of amides is 2. The van der Waals surface area contributed by atoms with E-state index in [1.165, 1.54) is 12.1 Å². The molecule has 3 aromatic carbocycles. The highest BCUT2D eigenvalue weighted by molar-refractivity contribution is 7.90. The van der Waals surface area contributed by atoms with Gasteiger partial charge in [-0.15, -0.1) is 0 Å². The average Bonchev–Trinajstić information content (AvgIpc) is 3.21. The van der Waals surface area contributed by atoms with E-state index < -0.39 is 16.1 Å². The number of urea groups is 1. The molecule has 0 saturated carbocycles. The zero-order valence-corrected chi connectivity index (χ0v) is 21.2. The van der Waals surface area contributed by atoms with Gasteiger partial charge in [0.05, 0.1) is 27.6 Å². The van der Waals surface area contributed by atoms with Gasteiger partial charge in [0.15, 0.2) is 0 Å². The van der Waals surface area contributed by atoms with Crippen LogP contribution in [0.15, 0.2) is 65.6 Å². The van der Waals surface area contributed by atoms with E-state index in [1.807, 2.05) is 61.9 Å². The van der Waals surface area contributed by atoms with Crippen LogP contribution in [-0.2, 0) is 22.9 Å². The summed E-state index contributed by atoms with van der Waals surface area (Å²) in [6, 6.07) is 19.5. The first-order valence-corrected chi connectivity index (χ1v) is 13.1. The number of carbonyl (C=O) groups excluding carboxylic acids is 1. The Kier molecular flexibility index (Phi) is 7.08. The number of carbonyl (C=O) groups is 1. The van der Waals surface area contributed by atoms with Gasteiger partial charge in [0.1, 0.15) is 5.82 Å². The van der Waals surface area contributed by atoms with E-state index in [0.29, 0.717) is 12.0 Å². The Morgan fingerprint density at radius 2 is 1.75 bits per heavy atom. The molecule has 2 N–H and O–H groups in total. The van der Waals surface area contributed by atoms with E-state index in [4.69, 9.17) is 4.98 Å². The van der Waals surface area contributed by atoms with Gasteiger partial charge in [-0.3, -0.25) is 4.57 Å². The zero-order valence-electron chi connectivity index (χ0n) is 20.4. The number of sulfonamides is 1. The number of nitrogens with zero attached hydrogens (tertiary/aromatic N) is 3. The van der Waals surface area contributed by atoms with Gasteiger partial charge in [0, 0.05) is 18.7 Å². The van der Waals surface area contributed by atoms with Crippen molar-refractivity contribution in [1.29, 1.82) is 5.26 Å². The third kappa shape index (κ3) is 5.24. The molecule has 36 heavy (non-hydrogen) atoms. The van der Waals surface area contributed by atoms with E-state index in [0.717, 1.165) is 45.7 Å². The Bertz CT molecular complexity index is 1570.